The first-order valence-corrected chi connectivity index (χ1v) is 6.43. The van der Waals surface area contributed by atoms with Gasteiger partial charge < -0.3 is 9.73 Å². The maximum absolute atomic E-state index is 5.47. The number of anilines is 1. The third kappa shape index (κ3) is 3.01. The Morgan fingerprint density at radius 3 is 2.44 bits per heavy atom. The summed E-state index contributed by atoms with van der Waals surface area (Å²) in [6.45, 7) is 2.89. The highest BCUT2D eigenvalue weighted by molar-refractivity contribution is 14.1. The van der Waals surface area contributed by atoms with E-state index < -0.39 is 0 Å². The highest BCUT2D eigenvalue weighted by atomic mass is 127. The number of halogens is 1. The number of benzene rings is 1. The van der Waals surface area contributed by atoms with Crippen molar-refractivity contribution in [3.63, 3.8) is 0 Å². The molecule has 84 valence electrons. The van der Waals surface area contributed by atoms with Gasteiger partial charge in [-0.2, -0.15) is 0 Å². The van der Waals surface area contributed by atoms with Crippen molar-refractivity contribution in [1.82, 2.24) is 0 Å². The van der Waals surface area contributed by atoms with E-state index in [1.165, 1.54) is 5.56 Å². The molecule has 0 amide bonds. The van der Waals surface area contributed by atoms with E-state index in [1.807, 2.05) is 12.1 Å². The minimum Gasteiger partial charge on any atom is -0.454 e. The second-order valence-electron chi connectivity index (χ2n) is 3.61. The SMILES string of the molecule is CCc1ccc(NCc2ccc(I)o2)cc1. The van der Waals surface area contributed by atoms with E-state index in [4.69, 9.17) is 4.42 Å². The van der Waals surface area contributed by atoms with Gasteiger partial charge in [-0.3, -0.25) is 0 Å². The Balaban J connectivity index is 1.94. The third-order valence-electron chi connectivity index (χ3n) is 2.46. The lowest BCUT2D eigenvalue weighted by Crippen LogP contribution is -1.97. The van der Waals surface area contributed by atoms with Crippen LogP contribution in [-0.2, 0) is 13.0 Å². The van der Waals surface area contributed by atoms with Gasteiger partial charge in [0.15, 0.2) is 3.77 Å². The van der Waals surface area contributed by atoms with Crippen LogP contribution in [0.1, 0.15) is 18.2 Å². The van der Waals surface area contributed by atoms with Crippen molar-refractivity contribution in [3.05, 3.63) is 51.5 Å². The molecule has 0 unspecified atom stereocenters. The van der Waals surface area contributed by atoms with E-state index >= 15 is 0 Å². The molecule has 0 fully saturated rings. The molecule has 2 nitrogen and oxygen atoms in total. The van der Waals surface area contributed by atoms with Crippen LogP contribution in [-0.4, -0.2) is 0 Å². The van der Waals surface area contributed by atoms with Crippen molar-refractivity contribution in [1.29, 1.82) is 0 Å². The van der Waals surface area contributed by atoms with Crippen LogP contribution >= 0.6 is 22.6 Å². The average molecular weight is 327 g/mol. The second kappa shape index (κ2) is 5.39. The molecule has 0 saturated heterocycles. The van der Waals surface area contributed by atoms with Crippen molar-refractivity contribution < 1.29 is 4.42 Å². The number of furan rings is 1. The summed E-state index contributed by atoms with van der Waals surface area (Å²) in [4.78, 5) is 0. The summed E-state index contributed by atoms with van der Waals surface area (Å²) in [6, 6.07) is 12.5. The molecule has 1 aromatic heterocycles. The van der Waals surface area contributed by atoms with Crippen molar-refractivity contribution in [3.8, 4) is 0 Å². The van der Waals surface area contributed by atoms with Crippen LogP contribution in [0, 0.1) is 3.77 Å². The van der Waals surface area contributed by atoms with Crippen LogP contribution in [0.15, 0.2) is 40.8 Å². The fourth-order valence-electron chi connectivity index (χ4n) is 1.49. The molecular weight excluding hydrogens is 313 g/mol. The molecule has 0 aliphatic heterocycles. The summed E-state index contributed by atoms with van der Waals surface area (Å²) in [7, 11) is 0. The predicted molar refractivity (Wildman–Crippen MR) is 74.6 cm³/mol. The molecule has 2 rings (SSSR count). The summed E-state index contributed by atoms with van der Waals surface area (Å²) in [6.07, 6.45) is 1.08. The minimum atomic E-state index is 0.731. The van der Waals surface area contributed by atoms with Crippen molar-refractivity contribution in [2.45, 2.75) is 19.9 Å². The highest BCUT2D eigenvalue weighted by Crippen LogP contribution is 2.14. The normalized spacial score (nSPS) is 10.4. The van der Waals surface area contributed by atoms with Gasteiger partial charge in [0.05, 0.1) is 6.54 Å². The minimum absolute atomic E-state index is 0.731. The van der Waals surface area contributed by atoms with E-state index in [0.717, 1.165) is 28.2 Å². The number of rotatable bonds is 4. The predicted octanol–water partition coefficient (Wildman–Crippen LogP) is 4.06. The Morgan fingerprint density at radius 1 is 1.12 bits per heavy atom. The standard InChI is InChI=1S/C13H14INO/c1-2-10-3-5-11(6-4-10)15-9-12-7-8-13(14)16-12/h3-8,15H,2,9H2,1H3. The van der Waals surface area contributed by atoms with Crippen LogP contribution in [0.3, 0.4) is 0 Å². The van der Waals surface area contributed by atoms with Crippen molar-refractivity contribution in [2.75, 3.05) is 5.32 Å². The molecule has 0 aliphatic carbocycles. The summed E-state index contributed by atoms with van der Waals surface area (Å²) < 4.78 is 6.40. The molecule has 3 heteroatoms. The van der Waals surface area contributed by atoms with Crippen LogP contribution in [0.2, 0.25) is 0 Å². The topological polar surface area (TPSA) is 25.2 Å². The number of nitrogens with one attached hydrogen (secondary N) is 1. The average Bonchev–Trinajstić information content (AvgIpc) is 2.73. The number of hydrogen-bond donors (Lipinski definition) is 1. The molecule has 0 spiro atoms. The van der Waals surface area contributed by atoms with Gasteiger partial charge in [0.1, 0.15) is 5.76 Å². The Morgan fingerprint density at radius 2 is 1.88 bits per heavy atom. The summed E-state index contributed by atoms with van der Waals surface area (Å²) in [5.41, 5.74) is 2.49. The monoisotopic (exact) mass is 327 g/mol. The molecule has 1 N–H and O–H groups in total. The first-order valence-electron chi connectivity index (χ1n) is 5.35. The zero-order valence-electron chi connectivity index (χ0n) is 9.16. The highest BCUT2D eigenvalue weighted by Gasteiger charge is 1.99. The van der Waals surface area contributed by atoms with Gasteiger partial charge in [-0.15, -0.1) is 0 Å². The van der Waals surface area contributed by atoms with E-state index in [-0.39, 0.29) is 0 Å². The molecule has 1 aromatic carbocycles. The Hall–Kier alpha value is -0.970. The molecule has 0 atom stereocenters. The first kappa shape index (κ1) is 11.5. The Kier molecular flexibility index (Phi) is 3.88. The van der Waals surface area contributed by atoms with Crippen LogP contribution in [0.4, 0.5) is 5.69 Å². The Labute approximate surface area is 109 Å². The lowest BCUT2D eigenvalue weighted by Gasteiger charge is -2.05. The number of hydrogen-bond acceptors (Lipinski definition) is 2. The molecule has 0 bridgehead atoms. The lowest BCUT2D eigenvalue weighted by molar-refractivity contribution is 0.493. The van der Waals surface area contributed by atoms with Crippen molar-refractivity contribution >= 4 is 28.3 Å². The van der Waals surface area contributed by atoms with E-state index in [1.54, 1.807) is 0 Å². The quantitative estimate of drug-likeness (QED) is 0.857. The first-order chi connectivity index (χ1) is 7.78. The zero-order valence-corrected chi connectivity index (χ0v) is 11.3. The maximum atomic E-state index is 5.47. The van der Waals surface area contributed by atoms with Gasteiger partial charge >= 0.3 is 0 Å². The van der Waals surface area contributed by atoms with Gasteiger partial charge in [-0.25, -0.2) is 0 Å². The third-order valence-corrected chi connectivity index (χ3v) is 3.04. The van der Waals surface area contributed by atoms with Crippen LogP contribution in [0.25, 0.3) is 0 Å². The lowest BCUT2D eigenvalue weighted by atomic mass is 10.1. The Bertz CT molecular complexity index is 447. The van der Waals surface area contributed by atoms with Crippen LogP contribution < -0.4 is 5.32 Å². The maximum Gasteiger partial charge on any atom is 0.164 e. The van der Waals surface area contributed by atoms with Crippen molar-refractivity contribution in [2.24, 2.45) is 0 Å². The fraction of sp³-hybridized carbons (Fsp3) is 0.231. The van der Waals surface area contributed by atoms with E-state index in [0.29, 0.717) is 0 Å². The van der Waals surface area contributed by atoms with Gasteiger partial charge in [0.2, 0.25) is 0 Å². The molecule has 16 heavy (non-hydrogen) atoms. The molecule has 2 aromatic rings. The van der Waals surface area contributed by atoms with Crippen LogP contribution in [0.5, 0.6) is 0 Å². The summed E-state index contributed by atoms with van der Waals surface area (Å²) in [5, 5.41) is 3.33. The zero-order chi connectivity index (χ0) is 11.4. The molecule has 0 saturated carbocycles. The fourth-order valence-corrected chi connectivity index (χ4v) is 1.96. The number of aryl methyl sites for hydroxylation is 1. The van der Waals surface area contributed by atoms with Gasteiger partial charge in [0.25, 0.3) is 0 Å². The van der Waals surface area contributed by atoms with Gasteiger partial charge in [-0.05, 0) is 58.8 Å². The molecule has 0 radical (unpaired) electrons. The largest absolute Gasteiger partial charge is 0.454 e. The van der Waals surface area contributed by atoms with E-state index in [9.17, 15) is 0 Å². The summed E-state index contributed by atoms with van der Waals surface area (Å²) >= 11 is 2.17. The van der Waals surface area contributed by atoms with Gasteiger partial charge in [0, 0.05) is 5.69 Å². The smallest absolute Gasteiger partial charge is 0.164 e. The van der Waals surface area contributed by atoms with E-state index in [2.05, 4.69) is 59.1 Å². The molecule has 1 heterocycles. The summed E-state index contributed by atoms with van der Waals surface area (Å²) in [5.74, 6) is 0.962. The molecule has 0 aliphatic rings. The second-order valence-corrected chi connectivity index (χ2v) is 4.67. The van der Waals surface area contributed by atoms with Gasteiger partial charge in [-0.1, -0.05) is 19.1 Å². The molecular formula is C13H14INO.